The van der Waals surface area contributed by atoms with E-state index in [4.69, 9.17) is 4.98 Å². The van der Waals surface area contributed by atoms with Gasteiger partial charge in [-0.15, -0.1) is 11.3 Å². The first-order valence-electron chi connectivity index (χ1n) is 10.7. The van der Waals surface area contributed by atoms with Crippen LogP contribution in [0.3, 0.4) is 0 Å². The summed E-state index contributed by atoms with van der Waals surface area (Å²) in [4.78, 5) is 20.3. The minimum absolute atomic E-state index is 0.0213. The molecule has 0 spiro atoms. The molecule has 2 aromatic heterocycles. The number of rotatable bonds is 4. The van der Waals surface area contributed by atoms with Crippen molar-refractivity contribution in [3.63, 3.8) is 0 Å². The molecule has 154 valence electrons. The molecular weight excluding hydrogens is 378 g/mol. The van der Waals surface area contributed by atoms with E-state index < -0.39 is 0 Å². The fraction of sp³-hybridized carbons (Fsp3) is 0.500. The van der Waals surface area contributed by atoms with E-state index in [9.17, 15) is 4.79 Å². The van der Waals surface area contributed by atoms with Gasteiger partial charge in [0.1, 0.15) is 5.82 Å². The van der Waals surface area contributed by atoms with Crippen LogP contribution in [-0.4, -0.2) is 22.5 Å². The Morgan fingerprint density at radius 1 is 1.21 bits per heavy atom. The van der Waals surface area contributed by atoms with E-state index >= 15 is 0 Å². The number of fused-ring (bicyclic) bond motifs is 1. The SMILES string of the molecule is CN(C(=O)c1cccs1)c1ccc2c(c1)nc(C(C)(C)C)n2CC1CCCCC1. The van der Waals surface area contributed by atoms with Crippen LogP contribution < -0.4 is 4.90 Å². The van der Waals surface area contributed by atoms with Gasteiger partial charge in [-0.25, -0.2) is 4.98 Å². The van der Waals surface area contributed by atoms with Crippen LogP contribution in [0, 0.1) is 5.92 Å². The fourth-order valence-electron chi connectivity index (χ4n) is 4.39. The molecule has 0 bridgehead atoms. The van der Waals surface area contributed by atoms with E-state index in [-0.39, 0.29) is 11.3 Å². The number of carbonyl (C=O) groups is 1. The molecule has 1 fully saturated rings. The van der Waals surface area contributed by atoms with E-state index in [1.807, 2.05) is 24.6 Å². The molecule has 0 radical (unpaired) electrons. The minimum atomic E-state index is -0.0213. The zero-order valence-corrected chi connectivity index (χ0v) is 18.8. The molecule has 1 aliphatic carbocycles. The van der Waals surface area contributed by atoms with Crippen LogP contribution in [0.15, 0.2) is 35.7 Å². The smallest absolute Gasteiger partial charge is 0.268 e. The quantitative estimate of drug-likeness (QED) is 0.510. The van der Waals surface area contributed by atoms with Gasteiger partial charge in [0.05, 0.1) is 15.9 Å². The zero-order chi connectivity index (χ0) is 20.6. The Balaban J connectivity index is 1.70. The molecule has 3 aromatic rings. The van der Waals surface area contributed by atoms with E-state index in [0.29, 0.717) is 0 Å². The monoisotopic (exact) mass is 409 g/mol. The molecule has 0 atom stereocenters. The Bertz CT molecular complexity index is 991. The van der Waals surface area contributed by atoms with Crippen molar-refractivity contribution in [3.05, 3.63) is 46.4 Å². The summed E-state index contributed by atoms with van der Waals surface area (Å²) in [6.07, 6.45) is 6.71. The molecule has 0 saturated heterocycles. The zero-order valence-electron chi connectivity index (χ0n) is 17.9. The molecule has 4 rings (SSSR count). The standard InChI is InChI=1S/C24H31N3OS/c1-24(2,3)23-25-19-15-18(26(4)22(28)21-11-8-14-29-21)12-13-20(19)27(23)16-17-9-6-5-7-10-17/h8,11-15,17H,5-7,9-10,16H2,1-4H3. The van der Waals surface area contributed by atoms with E-state index in [1.165, 1.54) is 49.0 Å². The summed E-state index contributed by atoms with van der Waals surface area (Å²) < 4.78 is 2.44. The lowest BCUT2D eigenvalue weighted by molar-refractivity contribution is 0.0997. The van der Waals surface area contributed by atoms with Crippen LogP contribution in [0.2, 0.25) is 0 Å². The number of amides is 1. The second-order valence-electron chi connectivity index (χ2n) is 9.31. The van der Waals surface area contributed by atoms with E-state index in [1.54, 1.807) is 4.90 Å². The molecule has 0 unspecified atom stereocenters. The molecule has 4 nitrogen and oxygen atoms in total. The highest BCUT2D eigenvalue weighted by molar-refractivity contribution is 7.12. The van der Waals surface area contributed by atoms with Gasteiger partial charge in [0.2, 0.25) is 0 Å². The Hall–Kier alpha value is -2.14. The molecule has 1 amide bonds. The van der Waals surface area contributed by atoms with Gasteiger partial charge < -0.3 is 9.47 Å². The lowest BCUT2D eigenvalue weighted by Gasteiger charge is -2.26. The van der Waals surface area contributed by atoms with Gasteiger partial charge in [-0.2, -0.15) is 0 Å². The fourth-order valence-corrected chi connectivity index (χ4v) is 5.09. The van der Waals surface area contributed by atoms with Crippen LogP contribution in [0.4, 0.5) is 5.69 Å². The Morgan fingerprint density at radius 2 is 1.97 bits per heavy atom. The highest BCUT2D eigenvalue weighted by atomic mass is 32.1. The Morgan fingerprint density at radius 3 is 2.62 bits per heavy atom. The summed E-state index contributed by atoms with van der Waals surface area (Å²) >= 11 is 1.48. The number of anilines is 1. The minimum Gasteiger partial charge on any atom is -0.327 e. The molecule has 0 N–H and O–H groups in total. The van der Waals surface area contributed by atoms with Gasteiger partial charge >= 0.3 is 0 Å². The molecule has 1 aromatic carbocycles. The predicted octanol–water partition coefficient (Wildman–Crippen LogP) is 6.25. The first kappa shape index (κ1) is 20.1. The second-order valence-corrected chi connectivity index (χ2v) is 10.3. The number of thiophene rings is 1. The molecule has 0 aliphatic heterocycles. The van der Waals surface area contributed by atoms with E-state index in [2.05, 4.69) is 43.5 Å². The van der Waals surface area contributed by atoms with Crippen LogP contribution >= 0.6 is 11.3 Å². The molecule has 1 saturated carbocycles. The third kappa shape index (κ3) is 4.11. The average Bonchev–Trinajstić information content (AvgIpc) is 3.35. The number of hydrogen-bond donors (Lipinski definition) is 0. The molecule has 2 heterocycles. The van der Waals surface area contributed by atoms with Crippen molar-refractivity contribution >= 4 is 34.0 Å². The molecule has 1 aliphatic rings. The largest absolute Gasteiger partial charge is 0.327 e. The van der Waals surface area contributed by atoms with E-state index in [0.717, 1.165) is 34.4 Å². The number of hydrogen-bond acceptors (Lipinski definition) is 3. The number of nitrogens with zero attached hydrogens (tertiary/aromatic N) is 3. The van der Waals surface area contributed by atoms with Crippen LogP contribution in [0.5, 0.6) is 0 Å². The summed E-state index contributed by atoms with van der Waals surface area (Å²) in [7, 11) is 1.84. The van der Waals surface area contributed by atoms with Crippen molar-refractivity contribution in [3.8, 4) is 0 Å². The molecular formula is C24H31N3OS. The van der Waals surface area contributed by atoms with Gasteiger partial charge in [0, 0.05) is 24.7 Å². The Kier molecular flexibility index (Phi) is 5.52. The number of benzene rings is 1. The van der Waals surface area contributed by atoms with Crippen molar-refractivity contribution in [1.29, 1.82) is 0 Å². The van der Waals surface area contributed by atoms with Crippen molar-refractivity contribution in [2.24, 2.45) is 5.92 Å². The third-order valence-electron chi connectivity index (χ3n) is 5.99. The summed E-state index contributed by atoms with van der Waals surface area (Å²) in [6, 6.07) is 10.1. The molecule has 29 heavy (non-hydrogen) atoms. The second kappa shape index (κ2) is 7.94. The maximum Gasteiger partial charge on any atom is 0.268 e. The topological polar surface area (TPSA) is 38.1 Å². The van der Waals surface area contributed by atoms with Crippen molar-refractivity contribution in [2.45, 2.75) is 64.8 Å². The number of aromatic nitrogens is 2. The van der Waals surface area contributed by atoms with Crippen molar-refractivity contribution in [1.82, 2.24) is 9.55 Å². The third-order valence-corrected chi connectivity index (χ3v) is 6.85. The normalized spacial score (nSPS) is 15.7. The summed E-state index contributed by atoms with van der Waals surface area (Å²) in [5.41, 5.74) is 3.03. The molecule has 5 heteroatoms. The van der Waals surface area contributed by atoms with Crippen LogP contribution in [-0.2, 0) is 12.0 Å². The summed E-state index contributed by atoms with van der Waals surface area (Å²) in [5.74, 6) is 1.91. The summed E-state index contributed by atoms with van der Waals surface area (Å²) in [5, 5.41) is 1.94. The maximum atomic E-state index is 12.7. The van der Waals surface area contributed by atoms with Crippen LogP contribution in [0.25, 0.3) is 11.0 Å². The van der Waals surface area contributed by atoms with Gasteiger partial charge in [0.15, 0.2) is 0 Å². The van der Waals surface area contributed by atoms with Gasteiger partial charge in [0.25, 0.3) is 5.91 Å². The van der Waals surface area contributed by atoms with Gasteiger partial charge in [-0.1, -0.05) is 46.1 Å². The average molecular weight is 410 g/mol. The lowest BCUT2D eigenvalue weighted by Crippen LogP contribution is -2.25. The summed E-state index contributed by atoms with van der Waals surface area (Å²) in [6.45, 7) is 7.75. The first-order chi connectivity index (χ1) is 13.8. The van der Waals surface area contributed by atoms with Gasteiger partial charge in [-0.3, -0.25) is 4.79 Å². The first-order valence-corrected chi connectivity index (χ1v) is 11.5. The Labute approximate surface area is 177 Å². The highest BCUT2D eigenvalue weighted by Crippen LogP contribution is 2.32. The van der Waals surface area contributed by atoms with Crippen molar-refractivity contribution in [2.75, 3.05) is 11.9 Å². The number of imidazole rings is 1. The number of carbonyl (C=O) groups excluding carboxylic acids is 1. The maximum absolute atomic E-state index is 12.7. The lowest BCUT2D eigenvalue weighted by atomic mass is 9.88. The van der Waals surface area contributed by atoms with Crippen molar-refractivity contribution < 1.29 is 4.79 Å². The highest BCUT2D eigenvalue weighted by Gasteiger charge is 2.26. The van der Waals surface area contributed by atoms with Crippen LogP contribution in [0.1, 0.15) is 68.4 Å². The van der Waals surface area contributed by atoms with Gasteiger partial charge in [-0.05, 0) is 48.4 Å². The predicted molar refractivity (Wildman–Crippen MR) is 122 cm³/mol.